The topological polar surface area (TPSA) is 96.7 Å². The van der Waals surface area contributed by atoms with E-state index in [2.05, 4.69) is 15.5 Å². The number of pyridine rings is 1. The average molecular weight is 397 g/mol. The number of nitrogens with one attached hydrogen (secondary N) is 1. The number of rotatable bonds is 4. The van der Waals surface area contributed by atoms with Crippen LogP contribution in [0.3, 0.4) is 0 Å². The van der Waals surface area contributed by atoms with Crippen LogP contribution in [-0.4, -0.2) is 37.2 Å². The first kappa shape index (κ1) is 17.7. The zero-order valence-corrected chi connectivity index (χ0v) is 15.6. The third kappa shape index (κ3) is 2.91. The Morgan fingerprint density at radius 2 is 1.60 bits per heavy atom. The summed E-state index contributed by atoms with van der Waals surface area (Å²) in [7, 11) is 0. The highest BCUT2D eigenvalue weighted by molar-refractivity contribution is 6.21. The van der Waals surface area contributed by atoms with E-state index in [0.29, 0.717) is 33.8 Å². The highest BCUT2D eigenvalue weighted by atomic mass is 16.2. The fraction of sp³-hybridized carbons (Fsp3) is 0.0455. The lowest BCUT2D eigenvalue weighted by Crippen LogP contribution is -2.29. The largest absolute Gasteiger partial charge is 0.290 e. The summed E-state index contributed by atoms with van der Waals surface area (Å²) in [6.45, 7) is 0.0847. The van der Waals surface area contributed by atoms with Crippen molar-refractivity contribution in [2.24, 2.45) is 0 Å². The van der Waals surface area contributed by atoms with Gasteiger partial charge in [0.05, 0.1) is 17.7 Å². The number of carbonyl (C=O) groups excluding carboxylic acids is 3. The van der Waals surface area contributed by atoms with Crippen LogP contribution in [0.5, 0.6) is 0 Å². The molecule has 5 rings (SSSR count). The lowest BCUT2D eigenvalue weighted by molar-refractivity contribution is 0.0642. The van der Waals surface area contributed by atoms with E-state index in [1.165, 1.54) is 4.90 Å². The predicted octanol–water partition coefficient (Wildman–Crippen LogP) is 2.78. The van der Waals surface area contributed by atoms with Crippen LogP contribution in [0.15, 0.2) is 72.9 Å². The molecule has 3 amide bonds. The number of carbonyl (C=O) groups is 3. The summed E-state index contributed by atoms with van der Waals surface area (Å²) in [5.41, 5.74) is 2.47. The minimum Gasteiger partial charge on any atom is -0.290 e. The molecule has 1 aliphatic heterocycles. The molecule has 1 aliphatic rings. The second-order valence-electron chi connectivity index (χ2n) is 6.85. The number of imide groups is 1. The van der Waals surface area contributed by atoms with Gasteiger partial charge in [-0.1, -0.05) is 30.3 Å². The minimum absolute atomic E-state index is 0.0847. The Labute approximate surface area is 170 Å². The quantitative estimate of drug-likeness (QED) is 0.534. The highest BCUT2D eigenvalue weighted by Crippen LogP contribution is 2.24. The molecule has 146 valence electrons. The number of hydrogen-bond acceptors (Lipinski definition) is 5. The maximum absolute atomic E-state index is 12.7. The number of nitrogens with zero attached hydrogens (tertiary/aromatic N) is 4. The molecule has 0 saturated heterocycles. The molecule has 4 aromatic rings. The Balaban J connectivity index is 1.36. The summed E-state index contributed by atoms with van der Waals surface area (Å²) in [4.78, 5) is 39.0. The van der Waals surface area contributed by atoms with E-state index in [4.69, 9.17) is 0 Å². The molecule has 8 nitrogen and oxygen atoms in total. The summed E-state index contributed by atoms with van der Waals surface area (Å²) >= 11 is 0. The maximum Gasteiger partial charge on any atom is 0.261 e. The molecule has 1 N–H and O–H groups in total. The molecule has 0 atom stereocenters. The Bertz CT molecular complexity index is 1290. The molecule has 0 unspecified atom stereocenters. The fourth-order valence-electron chi connectivity index (χ4n) is 3.48. The standard InChI is InChI=1S/C22H15N5O3/c28-19(23-22-25-24-18-10-3-4-11-26(18)22)15-7-5-6-14(12-15)13-27-20(29)16-8-1-2-9-17(16)21(27)30/h1-12H,13H2,(H,23,25,28). The first-order chi connectivity index (χ1) is 14.6. The Morgan fingerprint density at radius 1 is 0.867 bits per heavy atom. The van der Waals surface area contributed by atoms with Gasteiger partial charge < -0.3 is 0 Å². The van der Waals surface area contributed by atoms with Crippen LogP contribution < -0.4 is 5.32 Å². The third-order valence-corrected chi connectivity index (χ3v) is 4.95. The summed E-state index contributed by atoms with van der Waals surface area (Å²) < 4.78 is 1.67. The van der Waals surface area contributed by atoms with Crippen LogP contribution in [0.4, 0.5) is 5.95 Å². The van der Waals surface area contributed by atoms with Crippen molar-refractivity contribution in [1.29, 1.82) is 0 Å². The van der Waals surface area contributed by atoms with Gasteiger partial charge in [-0.2, -0.15) is 0 Å². The first-order valence-electron chi connectivity index (χ1n) is 9.27. The van der Waals surface area contributed by atoms with Gasteiger partial charge in [-0.05, 0) is 42.0 Å². The van der Waals surface area contributed by atoms with E-state index in [0.717, 1.165) is 0 Å². The second kappa shape index (κ2) is 6.93. The second-order valence-corrected chi connectivity index (χ2v) is 6.85. The monoisotopic (exact) mass is 397 g/mol. The molecule has 0 bridgehead atoms. The van der Waals surface area contributed by atoms with Crippen LogP contribution in [-0.2, 0) is 6.54 Å². The zero-order valence-electron chi connectivity index (χ0n) is 15.6. The highest BCUT2D eigenvalue weighted by Gasteiger charge is 2.35. The van der Waals surface area contributed by atoms with Gasteiger partial charge in [-0.25, -0.2) is 0 Å². The molecule has 3 heterocycles. The molecule has 2 aromatic heterocycles. The van der Waals surface area contributed by atoms with Gasteiger partial charge in [0.25, 0.3) is 17.7 Å². The molecule has 0 saturated carbocycles. The minimum atomic E-state index is -0.364. The number of benzene rings is 2. The van der Waals surface area contributed by atoms with Crippen molar-refractivity contribution >= 4 is 29.3 Å². The van der Waals surface area contributed by atoms with E-state index in [1.54, 1.807) is 65.2 Å². The number of aromatic nitrogens is 3. The van der Waals surface area contributed by atoms with Crippen LogP contribution >= 0.6 is 0 Å². The van der Waals surface area contributed by atoms with Gasteiger partial charge >= 0.3 is 0 Å². The zero-order chi connectivity index (χ0) is 20.7. The SMILES string of the molecule is O=C(Nc1nnc2ccccn12)c1cccc(CN2C(=O)c3ccccc3C2=O)c1. The van der Waals surface area contributed by atoms with Gasteiger partial charge in [0.15, 0.2) is 5.65 Å². The Hall–Kier alpha value is -4.33. The normalized spacial score (nSPS) is 13.0. The van der Waals surface area contributed by atoms with E-state index < -0.39 is 0 Å². The molecule has 8 heteroatoms. The van der Waals surface area contributed by atoms with Crippen LogP contribution in [0.2, 0.25) is 0 Å². The third-order valence-electron chi connectivity index (χ3n) is 4.95. The molecule has 0 fully saturated rings. The number of amides is 3. The molecule has 0 spiro atoms. The predicted molar refractivity (Wildman–Crippen MR) is 108 cm³/mol. The van der Waals surface area contributed by atoms with Gasteiger partial charge in [0.2, 0.25) is 5.95 Å². The lowest BCUT2D eigenvalue weighted by atomic mass is 10.1. The maximum atomic E-state index is 12.7. The Kier molecular flexibility index (Phi) is 4.10. The first-order valence-corrected chi connectivity index (χ1v) is 9.27. The number of anilines is 1. The lowest BCUT2D eigenvalue weighted by Gasteiger charge is -2.14. The molecule has 0 radical (unpaired) electrons. The van der Waals surface area contributed by atoms with Gasteiger partial charge in [0, 0.05) is 11.8 Å². The van der Waals surface area contributed by atoms with Crippen molar-refractivity contribution in [1.82, 2.24) is 19.5 Å². The van der Waals surface area contributed by atoms with Gasteiger partial charge in [-0.15, -0.1) is 10.2 Å². The van der Waals surface area contributed by atoms with Gasteiger partial charge in [0.1, 0.15) is 0 Å². The van der Waals surface area contributed by atoms with Crippen molar-refractivity contribution in [2.75, 3.05) is 5.32 Å². The van der Waals surface area contributed by atoms with Crippen molar-refractivity contribution in [3.63, 3.8) is 0 Å². The fourth-order valence-corrected chi connectivity index (χ4v) is 3.48. The summed E-state index contributed by atoms with van der Waals surface area (Å²) in [6, 6.07) is 19.0. The average Bonchev–Trinajstić information content (AvgIpc) is 3.29. The van der Waals surface area contributed by atoms with Crippen LogP contribution in [0, 0.1) is 0 Å². The Morgan fingerprint density at radius 3 is 2.37 bits per heavy atom. The van der Waals surface area contributed by atoms with E-state index in [9.17, 15) is 14.4 Å². The smallest absolute Gasteiger partial charge is 0.261 e. The molecular weight excluding hydrogens is 382 g/mol. The van der Waals surface area contributed by atoms with E-state index in [-0.39, 0.29) is 24.3 Å². The number of fused-ring (bicyclic) bond motifs is 2. The summed E-state index contributed by atoms with van der Waals surface area (Å²) in [5, 5.41) is 10.7. The summed E-state index contributed by atoms with van der Waals surface area (Å²) in [6.07, 6.45) is 1.75. The van der Waals surface area contributed by atoms with Crippen molar-refractivity contribution in [3.8, 4) is 0 Å². The van der Waals surface area contributed by atoms with E-state index >= 15 is 0 Å². The van der Waals surface area contributed by atoms with Gasteiger partial charge in [-0.3, -0.25) is 29.0 Å². The molecule has 30 heavy (non-hydrogen) atoms. The summed E-state index contributed by atoms with van der Waals surface area (Å²) in [5.74, 6) is -0.723. The molecule has 0 aliphatic carbocycles. The number of hydrogen-bond donors (Lipinski definition) is 1. The van der Waals surface area contributed by atoms with Crippen molar-refractivity contribution in [3.05, 3.63) is 95.2 Å². The molecule has 2 aromatic carbocycles. The van der Waals surface area contributed by atoms with E-state index in [1.807, 2.05) is 12.1 Å². The van der Waals surface area contributed by atoms with Crippen molar-refractivity contribution < 1.29 is 14.4 Å². The molecular formula is C22H15N5O3. The van der Waals surface area contributed by atoms with Crippen molar-refractivity contribution in [2.45, 2.75) is 6.54 Å². The van der Waals surface area contributed by atoms with Crippen LogP contribution in [0.1, 0.15) is 36.6 Å². The van der Waals surface area contributed by atoms with Crippen LogP contribution in [0.25, 0.3) is 5.65 Å².